The van der Waals surface area contributed by atoms with Gasteiger partial charge < -0.3 is 0 Å². The number of hydrogen-bond acceptors (Lipinski definition) is 4. The second-order valence-corrected chi connectivity index (χ2v) is 7.11. The molecule has 2 aromatic heterocycles. The van der Waals surface area contributed by atoms with Gasteiger partial charge in [-0.1, -0.05) is 23.2 Å². The smallest absolute Gasteiger partial charge is 0.257 e. The van der Waals surface area contributed by atoms with Crippen molar-refractivity contribution in [3.05, 3.63) is 56.7 Å². The molecule has 0 unspecified atom stereocenters. The van der Waals surface area contributed by atoms with Crippen molar-refractivity contribution < 1.29 is 4.79 Å². The average molecular weight is 355 g/mol. The van der Waals surface area contributed by atoms with E-state index in [0.29, 0.717) is 20.1 Å². The number of hydrogen-bond donors (Lipinski definition) is 1. The van der Waals surface area contributed by atoms with Gasteiger partial charge in [0.2, 0.25) is 0 Å². The summed E-state index contributed by atoms with van der Waals surface area (Å²) in [4.78, 5) is 17.4. The zero-order chi connectivity index (χ0) is 14.8. The van der Waals surface area contributed by atoms with E-state index < -0.39 is 0 Å². The van der Waals surface area contributed by atoms with Gasteiger partial charge >= 0.3 is 0 Å². The predicted octanol–water partition coefficient (Wildman–Crippen LogP) is 5.43. The molecule has 0 aliphatic heterocycles. The quantitative estimate of drug-likeness (QED) is 0.681. The molecular formula is C14H8Cl2N2OS2. The van der Waals surface area contributed by atoms with Gasteiger partial charge in [-0.2, -0.15) is 0 Å². The number of nitrogens with one attached hydrogen (secondary N) is 1. The molecule has 1 amide bonds. The van der Waals surface area contributed by atoms with E-state index in [4.69, 9.17) is 23.2 Å². The van der Waals surface area contributed by atoms with E-state index in [0.717, 1.165) is 10.6 Å². The van der Waals surface area contributed by atoms with Crippen LogP contribution >= 0.6 is 45.9 Å². The van der Waals surface area contributed by atoms with E-state index in [9.17, 15) is 4.79 Å². The summed E-state index contributed by atoms with van der Waals surface area (Å²) in [6.45, 7) is 0. The van der Waals surface area contributed by atoms with Crippen molar-refractivity contribution in [1.29, 1.82) is 0 Å². The Morgan fingerprint density at radius 1 is 1.10 bits per heavy atom. The highest BCUT2D eigenvalue weighted by molar-refractivity contribution is 7.20. The number of benzene rings is 1. The standard InChI is InChI=1S/C14H8Cl2N2OS2/c15-9-3-1-8(2-4-9)13(19)18-14-17-10(7-20-14)11-5-6-12(16)21-11/h1-7H,(H,17,18,19). The largest absolute Gasteiger partial charge is 0.298 e. The van der Waals surface area contributed by atoms with Gasteiger partial charge in [-0.15, -0.1) is 22.7 Å². The van der Waals surface area contributed by atoms with Crippen LogP contribution in [-0.4, -0.2) is 10.9 Å². The van der Waals surface area contributed by atoms with Gasteiger partial charge in [0.1, 0.15) is 0 Å². The van der Waals surface area contributed by atoms with Crippen LogP contribution in [0.2, 0.25) is 9.36 Å². The Morgan fingerprint density at radius 3 is 2.52 bits per heavy atom. The lowest BCUT2D eigenvalue weighted by Gasteiger charge is -2.01. The predicted molar refractivity (Wildman–Crippen MR) is 89.8 cm³/mol. The minimum Gasteiger partial charge on any atom is -0.298 e. The molecular weight excluding hydrogens is 347 g/mol. The highest BCUT2D eigenvalue weighted by atomic mass is 35.5. The van der Waals surface area contributed by atoms with E-state index in [1.807, 2.05) is 17.5 Å². The third-order valence-corrected chi connectivity index (χ3v) is 4.92. The van der Waals surface area contributed by atoms with E-state index in [1.165, 1.54) is 22.7 Å². The normalized spacial score (nSPS) is 10.6. The van der Waals surface area contributed by atoms with Crippen LogP contribution in [0.1, 0.15) is 10.4 Å². The first kappa shape index (κ1) is 14.5. The van der Waals surface area contributed by atoms with Gasteiger partial charge in [0, 0.05) is 16.0 Å². The molecule has 0 saturated carbocycles. The molecule has 3 aromatic rings. The van der Waals surface area contributed by atoms with Crippen LogP contribution in [0.5, 0.6) is 0 Å². The Bertz CT molecular complexity index is 780. The van der Waals surface area contributed by atoms with Gasteiger partial charge in [-0.05, 0) is 36.4 Å². The maximum Gasteiger partial charge on any atom is 0.257 e. The van der Waals surface area contributed by atoms with Crippen molar-refractivity contribution in [1.82, 2.24) is 4.98 Å². The zero-order valence-electron chi connectivity index (χ0n) is 10.5. The molecule has 0 aliphatic rings. The minimum absolute atomic E-state index is 0.211. The van der Waals surface area contributed by atoms with Crippen molar-refractivity contribution >= 4 is 56.9 Å². The first-order chi connectivity index (χ1) is 10.1. The fraction of sp³-hybridized carbons (Fsp3) is 0. The summed E-state index contributed by atoms with van der Waals surface area (Å²) >= 11 is 14.5. The number of halogens is 2. The number of carbonyl (C=O) groups is 1. The number of rotatable bonds is 3. The van der Waals surface area contributed by atoms with Crippen LogP contribution in [0.25, 0.3) is 10.6 Å². The Hall–Kier alpha value is -1.40. The molecule has 0 bridgehead atoms. The third-order valence-electron chi connectivity index (χ3n) is 2.66. The molecule has 3 nitrogen and oxygen atoms in total. The van der Waals surface area contributed by atoms with E-state index in [-0.39, 0.29) is 5.91 Å². The number of amides is 1. The summed E-state index contributed by atoms with van der Waals surface area (Å²) in [5, 5.41) is 5.81. The average Bonchev–Trinajstić information content (AvgIpc) is 3.08. The number of thiophene rings is 1. The molecule has 0 atom stereocenters. The zero-order valence-corrected chi connectivity index (χ0v) is 13.6. The van der Waals surface area contributed by atoms with Gasteiger partial charge in [0.25, 0.3) is 5.91 Å². The van der Waals surface area contributed by atoms with Gasteiger partial charge in [-0.25, -0.2) is 4.98 Å². The number of nitrogens with zero attached hydrogens (tertiary/aromatic N) is 1. The number of carbonyl (C=O) groups excluding carboxylic acids is 1. The highest BCUT2D eigenvalue weighted by Gasteiger charge is 2.11. The lowest BCUT2D eigenvalue weighted by atomic mass is 10.2. The maximum absolute atomic E-state index is 12.1. The van der Waals surface area contributed by atoms with Crippen LogP contribution in [-0.2, 0) is 0 Å². The summed E-state index contributed by atoms with van der Waals surface area (Å²) in [5.41, 5.74) is 1.35. The topological polar surface area (TPSA) is 42.0 Å². The summed E-state index contributed by atoms with van der Waals surface area (Å²) in [6, 6.07) is 10.4. The van der Waals surface area contributed by atoms with Gasteiger partial charge in [0.05, 0.1) is 14.9 Å². The van der Waals surface area contributed by atoms with E-state index in [2.05, 4.69) is 10.3 Å². The van der Waals surface area contributed by atoms with E-state index >= 15 is 0 Å². The van der Waals surface area contributed by atoms with Gasteiger partial charge in [-0.3, -0.25) is 10.1 Å². The van der Waals surface area contributed by atoms with Crippen molar-refractivity contribution in [2.75, 3.05) is 5.32 Å². The first-order valence-corrected chi connectivity index (χ1v) is 8.35. The Balaban J connectivity index is 1.75. The Morgan fingerprint density at radius 2 is 1.86 bits per heavy atom. The molecule has 0 spiro atoms. The molecule has 0 fully saturated rings. The second-order valence-electron chi connectivity index (χ2n) is 4.10. The van der Waals surface area contributed by atoms with Crippen LogP contribution in [0, 0.1) is 0 Å². The number of thiazole rings is 1. The Kier molecular flexibility index (Phi) is 4.26. The maximum atomic E-state index is 12.1. The highest BCUT2D eigenvalue weighted by Crippen LogP contribution is 2.32. The van der Waals surface area contributed by atoms with Crippen LogP contribution in [0.4, 0.5) is 5.13 Å². The summed E-state index contributed by atoms with van der Waals surface area (Å²) < 4.78 is 0.713. The first-order valence-electron chi connectivity index (χ1n) is 5.90. The van der Waals surface area contributed by atoms with Crippen LogP contribution in [0.3, 0.4) is 0 Å². The number of aromatic nitrogens is 1. The number of anilines is 1. The minimum atomic E-state index is -0.211. The fourth-order valence-electron chi connectivity index (χ4n) is 1.67. The third kappa shape index (κ3) is 3.44. The van der Waals surface area contributed by atoms with E-state index in [1.54, 1.807) is 24.3 Å². The molecule has 0 saturated heterocycles. The molecule has 0 radical (unpaired) electrons. The van der Waals surface area contributed by atoms with Crippen LogP contribution < -0.4 is 5.32 Å². The summed E-state index contributed by atoms with van der Waals surface area (Å²) in [7, 11) is 0. The van der Waals surface area contributed by atoms with Crippen molar-refractivity contribution in [2.24, 2.45) is 0 Å². The summed E-state index contributed by atoms with van der Waals surface area (Å²) in [5.74, 6) is -0.211. The molecule has 2 heterocycles. The fourth-order valence-corrected chi connectivity index (χ4v) is 3.58. The van der Waals surface area contributed by atoms with Crippen molar-refractivity contribution in [3.63, 3.8) is 0 Å². The lowest BCUT2D eigenvalue weighted by Crippen LogP contribution is -2.11. The molecule has 106 valence electrons. The molecule has 3 rings (SSSR count). The molecule has 1 aromatic carbocycles. The van der Waals surface area contributed by atoms with Crippen molar-refractivity contribution in [3.8, 4) is 10.6 Å². The molecule has 7 heteroatoms. The lowest BCUT2D eigenvalue weighted by molar-refractivity contribution is 0.102. The van der Waals surface area contributed by atoms with Crippen LogP contribution in [0.15, 0.2) is 41.8 Å². The second kappa shape index (κ2) is 6.15. The van der Waals surface area contributed by atoms with Gasteiger partial charge in [0.15, 0.2) is 5.13 Å². The summed E-state index contributed by atoms with van der Waals surface area (Å²) in [6.07, 6.45) is 0. The SMILES string of the molecule is O=C(Nc1nc(-c2ccc(Cl)s2)cs1)c1ccc(Cl)cc1. The molecule has 1 N–H and O–H groups in total. The van der Waals surface area contributed by atoms with Crippen molar-refractivity contribution in [2.45, 2.75) is 0 Å². The monoisotopic (exact) mass is 354 g/mol. The molecule has 0 aliphatic carbocycles. The Labute approximate surface area is 139 Å². The molecule has 21 heavy (non-hydrogen) atoms.